The third-order valence-electron chi connectivity index (χ3n) is 3.84. The molecule has 4 nitrogen and oxygen atoms in total. The van der Waals surface area contributed by atoms with Crippen molar-refractivity contribution in [1.82, 2.24) is 9.78 Å². The minimum atomic E-state index is -0.101. The average molecular weight is 318 g/mol. The summed E-state index contributed by atoms with van der Waals surface area (Å²) in [5.41, 5.74) is 3.81. The van der Waals surface area contributed by atoms with Crippen LogP contribution in [0.3, 0.4) is 0 Å². The number of benzene rings is 2. The Kier molecular flexibility index (Phi) is 4.29. The van der Waals surface area contributed by atoms with E-state index in [0.717, 1.165) is 16.9 Å². The summed E-state index contributed by atoms with van der Waals surface area (Å²) in [6, 6.07) is 16.5. The van der Waals surface area contributed by atoms with Crippen LogP contribution in [0.4, 0.5) is 0 Å². The number of ketones is 1. The first-order valence-corrected chi connectivity index (χ1v) is 7.69. The maximum Gasteiger partial charge on any atom is 0.189 e. The number of hydrogen-bond donors (Lipinski definition) is 1. The van der Waals surface area contributed by atoms with Gasteiger partial charge in [-0.25, -0.2) is 4.68 Å². The van der Waals surface area contributed by atoms with Gasteiger partial charge in [-0.15, -0.1) is 0 Å². The molecular formula is C20H18N2O2. The Labute approximate surface area is 140 Å². The molecule has 0 atom stereocenters. The molecule has 24 heavy (non-hydrogen) atoms. The number of aromatic hydroxyl groups is 1. The molecule has 0 amide bonds. The van der Waals surface area contributed by atoms with E-state index in [1.54, 1.807) is 29.0 Å². The van der Waals surface area contributed by atoms with Crippen molar-refractivity contribution in [1.29, 1.82) is 0 Å². The van der Waals surface area contributed by atoms with Crippen LogP contribution in [0.1, 0.15) is 27.3 Å². The van der Waals surface area contributed by atoms with Crippen LogP contribution in [0.5, 0.6) is 5.75 Å². The minimum Gasteiger partial charge on any atom is -0.508 e. The van der Waals surface area contributed by atoms with Gasteiger partial charge in [0, 0.05) is 0 Å². The van der Waals surface area contributed by atoms with Crippen molar-refractivity contribution in [2.24, 2.45) is 0 Å². The normalized spacial score (nSPS) is 11.1. The predicted octanol–water partition coefficient (Wildman–Crippen LogP) is 4.09. The molecule has 0 saturated carbocycles. The van der Waals surface area contributed by atoms with E-state index in [0.29, 0.717) is 11.3 Å². The highest BCUT2D eigenvalue weighted by Crippen LogP contribution is 2.19. The quantitative estimate of drug-likeness (QED) is 0.582. The van der Waals surface area contributed by atoms with Crippen LogP contribution >= 0.6 is 0 Å². The summed E-state index contributed by atoms with van der Waals surface area (Å²) >= 11 is 0. The van der Waals surface area contributed by atoms with Gasteiger partial charge in [-0.05, 0) is 49.8 Å². The standard InChI is InChI=1S/C20H18N2O2/c1-14-20(15(2)22(21-14)17-8-4-3-5-9-17)19(24)12-11-16-7-6-10-18(23)13-16/h3-13,23H,1-2H3/b12-11+. The first-order chi connectivity index (χ1) is 11.6. The highest BCUT2D eigenvalue weighted by atomic mass is 16.3. The molecule has 1 heterocycles. The number of allylic oxidation sites excluding steroid dienone is 1. The summed E-state index contributed by atoms with van der Waals surface area (Å²) in [6.45, 7) is 3.73. The highest BCUT2D eigenvalue weighted by molar-refractivity contribution is 6.08. The summed E-state index contributed by atoms with van der Waals surface area (Å²) in [5.74, 6) is 0.0735. The predicted molar refractivity (Wildman–Crippen MR) is 94.5 cm³/mol. The molecule has 3 aromatic rings. The lowest BCUT2D eigenvalue weighted by Gasteiger charge is -2.04. The second-order valence-corrected chi connectivity index (χ2v) is 5.59. The van der Waals surface area contributed by atoms with Gasteiger partial charge in [-0.3, -0.25) is 4.79 Å². The van der Waals surface area contributed by atoms with Gasteiger partial charge in [0.1, 0.15) is 5.75 Å². The molecule has 0 fully saturated rings. The first kappa shape index (κ1) is 15.7. The van der Waals surface area contributed by atoms with E-state index < -0.39 is 0 Å². The zero-order chi connectivity index (χ0) is 17.1. The number of carbonyl (C=O) groups excluding carboxylic acids is 1. The largest absolute Gasteiger partial charge is 0.508 e. The van der Waals surface area contributed by atoms with Crippen LogP contribution in [-0.2, 0) is 0 Å². The fourth-order valence-corrected chi connectivity index (χ4v) is 2.70. The van der Waals surface area contributed by atoms with Gasteiger partial charge < -0.3 is 5.11 Å². The monoisotopic (exact) mass is 318 g/mol. The van der Waals surface area contributed by atoms with Gasteiger partial charge in [-0.1, -0.05) is 36.4 Å². The Balaban J connectivity index is 1.92. The molecule has 3 rings (SSSR count). The Morgan fingerprint density at radius 2 is 1.83 bits per heavy atom. The van der Waals surface area contributed by atoms with E-state index in [9.17, 15) is 9.90 Å². The molecule has 0 spiro atoms. The molecule has 1 N–H and O–H groups in total. The Bertz CT molecular complexity index is 909. The van der Waals surface area contributed by atoms with Crippen LogP contribution in [0.25, 0.3) is 11.8 Å². The molecule has 0 saturated heterocycles. The molecule has 0 unspecified atom stereocenters. The Morgan fingerprint density at radius 1 is 1.08 bits per heavy atom. The van der Waals surface area contributed by atoms with Gasteiger partial charge in [0.05, 0.1) is 22.6 Å². The number of phenols is 1. The van der Waals surface area contributed by atoms with Gasteiger partial charge in [0.2, 0.25) is 0 Å². The fraction of sp³-hybridized carbons (Fsp3) is 0.100. The zero-order valence-corrected chi connectivity index (χ0v) is 13.6. The van der Waals surface area contributed by atoms with Gasteiger partial charge >= 0.3 is 0 Å². The van der Waals surface area contributed by atoms with Crippen LogP contribution in [0, 0.1) is 13.8 Å². The molecule has 120 valence electrons. The maximum atomic E-state index is 12.6. The van der Waals surface area contributed by atoms with E-state index in [2.05, 4.69) is 5.10 Å². The lowest BCUT2D eigenvalue weighted by Crippen LogP contribution is -2.01. The van der Waals surface area contributed by atoms with Crippen molar-refractivity contribution in [3.8, 4) is 11.4 Å². The Hall–Kier alpha value is -3.14. The smallest absolute Gasteiger partial charge is 0.189 e. The van der Waals surface area contributed by atoms with Crippen molar-refractivity contribution >= 4 is 11.9 Å². The third-order valence-corrected chi connectivity index (χ3v) is 3.84. The van der Waals surface area contributed by atoms with E-state index in [1.807, 2.05) is 50.2 Å². The molecule has 1 aromatic heterocycles. The van der Waals surface area contributed by atoms with Crippen LogP contribution in [-0.4, -0.2) is 20.7 Å². The van der Waals surface area contributed by atoms with Gasteiger partial charge in [-0.2, -0.15) is 5.10 Å². The molecule has 0 aliphatic rings. The molecule has 4 heteroatoms. The van der Waals surface area contributed by atoms with E-state index in [1.165, 1.54) is 6.08 Å². The van der Waals surface area contributed by atoms with Crippen LogP contribution in [0.15, 0.2) is 60.7 Å². The Morgan fingerprint density at radius 3 is 2.54 bits per heavy atom. The number of para-hydroxylation sites is 1. The van der Waals surface area contributed by atoms with E-state index in [-0.39, 0.29) is 11.5 Å². The SMILES string of the molecule is Cc1nn(-c2ccccc2)c(C)c1C(=O)/C=C/c1cccc(O)c1. The first-order valence-electron chi connectivity index (χ1n) is 7.69. The number of hydrogen-bond acceptors (Lipinski definition) is 3. The van der Waals surface area contributed by atoms with Crippen molar-refractivity contribution < 1.29 is 9.90 Å². The lowest BCUT2D eigenvalue weighted by atomic mass is 10.1. The van der Waals surface area contributed by atoms with Crippen LogP contribution in [0.2, 0.25) is 0 Å². The van der Waals surface area contributed by atoms with Crippen molar-refractivity contribution in [3.05, 3.63) is 83.2 Å². The summed E-state index contributed by atoms with van der Waals surface area (Å²) < 4.78 is 1.78. The zero-order valence-electron chi connectivity index (χ0n) is 13.6. The van der Waals surface area contributed by atoms with Gasteiger partial charge in [0.25, 0.3) is 0 Å². The second-order valence-electron chi connectivity index (χ2n) is 5.59. The van der Waals surface area contributed by atoms with E-state index in [4.69, 9.17) is 0 Å². The van der Waals surface area contributed by atoms with Crippen LogP contribution < -0.4 is 0 Å². The molecule has 0 aliphatic carbocycles. The summed E-state index contributed by atoms with van der Waals surface area (Å²) in [5, 5.41) is 14.0. The number of rotatable bonds is 4. The minimum absolute atomic E-state index is 0.101. The number of carbonyl (C=O) groups is 1. The molecular weight excluding hydrogens is 300 g/mol. The van der Waals surface area contributed by atoms with E-state index >= 15 is 0 Å². The van der Waals surface area contributed by atoms with Crippen molar-refractivity contribution in [2.75, 3.05) is 0 Å². The van der Waals surface area contributed by atoms with Crippen molar-refractivity contribution in [3.63, 3.8) is 0 Å². The lowest BCUT2D eigenvalue weighted by molar-refractivity contribution is 0.104. The number of nitrogens with zero attached hydrogens (tertiary/aromatic N) is 2. The molecule has 2 aromatic carbocycles. The highest BCUT2D eigenvalue weighted by Gasteiger charge is 2.17. The van der Waals surface area contributed by atoms with Crippen molar-refractivity contribution in [2.45, 2.75) is 13.8 Å². The topological polar surface area (TPSA) is 55.1 Å². The summed E-state index contributed by atoms with van der Waals surface area (Å²) in [6.07, 6.45) is 3.21. The number of aromatic nitrogens is 2. The summed E-state index contributed by atoms with van der Waals surface area (Å²) in [4.78, 5) is 12.6. The molecule has 0 aliphatic heterocycles. The van der Waals surface area contributed by atoms with Gasteiger partial charge in [0.15, 0.2) is 5.78 Å². The average Bonchev–Trinajstić information content (AvgIpc) is 2.88. The number of phenolic OH excluding ortho intramolecular Hbond substituents is 1. The molecule has 0 bridgehead atoms. The summed E-state index contributed by atoms with van der Waals surface area (Å²) in [7, 11) is 0. The second kappa shape index (κ2) is 6.54. The maximum absolute atomic E-state index is 12.6. The number of aryl methyl sites for hydroxylation is 1. The fourth-order valence-electron chi connectivity index (χ4n) is 2.70. The third kappa shape index (κ3) is 3.13. The molecule has 0 radical (unpaired) electrons.